The van der Waals surface area contributed by atoms with Crippen molar-refractivity contribution < 1.29 is 19.3 Å². The Morgan fingerprint density at radius 1 is 1.06 bits per heavy atom. The number of aromatic nitrogens is 2. The first-order valence-corrected chi connectivity index (χ1v) is 10.0. The summed E-state index contributed by atoms with van der Waals surface area (Å²) in [6.07, 6.45) is 1.64. The Hall–Kier alpha value is -4.01. The average molecular weight is 439 g/mol. The van der Waals surface area contributed by atoms with E-state index < -0.39 is 17.1 Å². The second-order valence-corrected chi connectivity index (χ2v) is 6.77. The summed E-state index contributed by atoms with van der Waals surface area (Å²) in [5, 5.41) is 10.6. The highest BCUT2D eigenvalue weighted by molar-refractivity contribution is 5.84. The Labute approximate surface area is 184 Å². The van der Waals surface area contributed by atoms with Gasteiger partial charge in [0.05, 0.1) is 26.5 Å². The van der Waals surface area contributed by atoms with Gasteiger partial charge in [0.25, 0.3) is 5.56 Å². The molecule has 3 rings (SSSR count). The second-order valence-electron chi connectivity index (χ2n) is 6.77. The number of aromatic amines is 1. The average Bonchev–Trinajstić information content (AvgIpc) is 2.79. The van der Waals surface area contributed by atoms with Gasteiger partial charge in [-0.25, -0.2) is 4.79 Å². The lowest BCUT2D eigenvalue weighted by molar-refractivity contribution is 0.340. The van der Waals surface area contributed by atoms with Crippen molar-refractivity contribution in [2.75, 3.05) is 20.8 Å². The van der Waals surface area contributed by atoms with Gasteiger partial charge in [-0.1, -0.05) is 6.07 Å². The first kappa shape index (κ1) is 22.7. The van der Waals surface area contributed by atoms with Crippen molar-refractivity contribution in [1.29, 1.82) is 0 Å². The van der Waals surface area contributed by atoms with Gasteiger partial charge in [-0.05, 0) is 55.3 Å². The first-order valence-electron chi connectivity index (χ1n) is 10.0. The Morgan fingerprint density at radius 2 is 1.78 bits per heavy atom. The quantitative estimate of drug-likeness (QED) is 0.496. The summed E-state index contributed by atoms with van der Waals surface area (Å²) in [4.78, 5) is 31.0. The molecule has 1 heterocycles. The van der Waals surface area contributed by atoms with E-state index in [4.69, 9.17) is 14.2 Å². The molecule has 168 valence electrons. The first-order chi connectivity index (χ1) is 15.5. The lowest BCUT2D eigenvalue weighted by atomic mass is 10.1. The summed E-state index contributed by atoms with van der Waals surface area (Å²) >= 11 is 0. The fraction of sp³-hybridized carbons (Fsp3) is 0.261. The maximum atomic E-state index is 12.3. The van der Waals surface area contributed by atoms with Gasteiger partial charge in [0, 0.05) is 12.8 Å². The molecule has 0 aliphatic heterocycles. The second kappa shape index (κ2) is 10.3. The number of methoxy groups -OCH3 is 2. The summed E-state index contributed by atoms with van der Waals surface area (Å²) in [5.41, 5.74) is -0.0957. The monoisotopic (exact) mass is 439 g/mol. The lowest BCUT2D eigenvalue weighted by Gasteiger charge is -2.12. The number of nitrogens with one attached hydrogen (secondary N) is 1. The number of hydrogen-bond acceptors (Lipinski definition) is 7. The fourth-order valence-corrected chi connectivity index (χ4v) is 3.11. The molecule has 0 unspecified atom stereocenters. The van der Waals surface area contributed by atoms with Crippen LogP contribution in [0.1, 0.15) is 18.1 Å². The zero-order valence-electron chi connectivity index (χ0n) is 18.1. The van der Waals surface area contributed by atoms with Crippen LogP contribution in [0.3, 0.4) is 0 Å². The van der Waals surface area contributed by atoms with Gasteiger partial charge < -0.3 is 19.3 Å². The van der Waals surface area contributed by atoms with Crippen molar-refractivity contribution in [2.24, 2.45) is 4.99 Å². The van der Waals surface area contributed by atoms with Gasteiger partial charge in [-0.2, -0.15) is 0 Å². The van der Waals surface area contributed by atoms with Gasteiger partial charge in [0.15, 0.2) is 11.5 Å². The molecule has 0 amide bonds. The van der Waals surface area contributed by atoms with E-state index in [-0.39, 0.29) is 12.1 Å². The van der Waals surface area contributed by atoms with Crippen molar-refractivity contribution in [3.05, 3.63) is 74.4 Å². The van der Waals surface area contributed by atoms with Crippen LogP contribution in [0.5, 0.6) is 23.1 Å². The number of ether oxygens (including phenoxy) is 3. The van der Waals surface area contributed by atoms with Crippen molar-refractivity contribution in [3.63, 3.8) is 0 Å². The number of aryl methyl sites for hydroxylation is 1. The maximum Gasteiger partial charge on any atom is 0.331 e. The van der Waals surface area contributed by atoms with Crippen LogP contribution < -0.4 is 25.5 Å². The minimum absolute atomic E-state index is 0.106. The van der Waals surface area contributed by atoms with Crippen molar-refractivity contribution in [2.45, 2.75) is 19.9 Å². The van der Waals surface area contributed by atoms with Crippen molar-refractivity contribution in [1.82, 2.24) is 9.55 Å². The van der Waals surface area contributed by atoms with Crippen LogP contribution in [0.4, 0.5) is 5.69 Å². The van der Waals surface area contributed by atoms with Crippen molar-refractivity contribution in [3.8, 4) is 23.1 Å². The molecule has 0 saturated carbocycles. The normalized spacial score (nSPS) is 11.0. The summed E-state index contributed by atoms with van der Waals surface area (Å²) in [7, 11) is 3.09. The zero-order valence-corrected chi connectivity index (χ0v) is 18.1. The largest absolute Gasteiger partial charge is 0.494 e. The molecule has 0 bridgehead atoms. The molecule has 0 fully saturated rings. The number of hydrogen-bond donors (Lipinski definition) is 2. The van der Waals surface area contributed by atoms with Crippen LogP contribution in [-0.2, 0) is 13.0 Å². The SMILES string of the molecule is CCOc1ccc(N=Cc2c(O)n(CCc3ccc(OC)c(OC)c3)c(=O)[nH]c2=O)cc1. The van der Waals surface area contributed by atoms with Gasteiger partial charge in [-0.3, -0.25) is 19.3 Å². The minimum Gasteiger partial charge on any atom is -0.494 e. The predicted octanol–water partition coefficient (Wildman–Crippen LogP) is 2.65. The van der Waals surface area contributed by atoms with Gasteiger partial charge in [-0.15, -0.1) is 0 Å². The van der Waals surface area contributed by atoms with E-state index in [1.54, 1.807) is 43.5 Å². The third-order valence-corrected chi connectivity index (χ3v) is 4.77. The number of H-pyrrole nitrogens is 1. The van der Waals surface area contributed by atoms with E-state index in [2.05, 4.69) is 9.98 Å². The molecule has 0 aliphatic rings. The van der Waals surface area contributed by atoms with Crippen LogP contribution in [0.25, 0.3) is 0 Å². The smallest absolute Gasteiger partial charge is 0.331 e. The van der Waals surface area contributed by atoms with Crippen LogP contribution in [0.15, 0.2) is 57.0 Å². The van der Waals surface area contributed by atoms with Gasteiger partial charge in [0.2, 0.25) is 5.88 Å². The summed E-state index contributed by atoms with van der Waals surface area (Å²) in [6, 6.07) is 12.3. The molecule has 0 radical (unpaired) electrons. The van der Waals surface area contributed by atoms with Gasteiger partial charge in [0.1, 0.15) is 11.3 Å². The highest BCUT2D eigenvalue weighted by Crippen LogP contribution is 2.28. The number of aliphatic imine (C=N–C) groups is 1. The van der Waals surface area contributed by atoms with Gasteiger partial charge >= 0.3 is 5.69 Å². The standard InChI is InChI=1S/C23H25N3O6/c1-4-32-17-8-6-16(7-9-17)24-14-18-21(27)25-23(29)26(22(18)28)12-11-15-5-10-19(30-2)20(13-15)31-3/h5-10,13-14,28H,4,11-12H2,1-3H3,(H,25,27,29). The Balaban J connectivity index is 1.83. The molecule has 2 N–H and O–H groups in total. The summed E-state index contributed by atoms with van der Waals surface area (Å²) in [6.45, 7) is 2.58. The molecule has 9 heteroatoms. The number of nitrogens with zero attached hydrogens (tertiary/aromatic N) is 2. The Morgan fingerprint density at radius 3 is 2.44 bits per heavy atom. The topological polar surface area (TPSA) is 115 Å². The van der Waals surface area contributed by atoms with Crippen LogP contribution >= 0.6 is 0 Å². The zero-order chi connectivity index (χ0) is 23.1. The number of rotatable bonds is 9. The van der Waals surface area contributed by atoms with Crippen molar-refractivity contribution >= 4 is 11.9 Å². The van der Waals surface area contributed by atoms with E-state index in [0.717, 1.165) is 10.1 Å². The molecule has 0 saturated heterocycles. The number of aromatic hydroxyl groups is 1. The molecule has 1 aromatic heterocycles. The maximum absolute atomic E-state index is 12.3. The molecule has 2 aromatic carbocycles. The molecule has 0 atom stereocenters. The van der Waals surface area contributed by atoms with E-state index in [0.29, 0.717) is 36.0 Å². The third kappa shape index (κ3) is 5.18. The van der Waals surface area contributed by atoms with E-state index in [9.17, 15) is 14.7 Å². The highest BCUT2D eigenvalue weighted by atomic mass is 16.5. The van der Waals surface area contributed by atoms with E-state index >= 15 is 0 Å². The van der Waals surface area contributed by atoms with Crippen LogP contribution in [-0.4, -0.2) is 41.7 Å². The fourth-order valence-electron chi connectivity index (χ4n) is 3.11. The minimum atomic E-state index is -0.718. The van der Waals surface area contributed by atoms with E-state index in [1.165, 1.54) is 13.3 Å². The molecule has 0 aliphatic carbocycles. The summed E-state index contributed by atoms with van der Waals surface area (Å²) < 4.78 is 17.0. The van der Waals surface area contributed by atoms with Crippen LogP contribution in [0, 0.1) is 0 Å². The molecular weight excluding hydrogens is 414 g/mol. The molecule has 9 nitrogen and oxygen atoms in total. The third-order valence-electron chi connectivity index (χ3n) is 4.77. The molecule has 3 aromatic rings. The van der Waals surface area contributed by atoms with Crippen LogP contribution in [0.2, 0.25) is 0 Å². The Bertz CT molecular complexity index is 1210. The Kier molecular flexibility index (Phi) is 7.33. The summed E-state index contributed by atoms with van der Waals surface area (Å²) in [5.74, 6) is 1.41. The van der Waals surface area contributed by atoms with E-state index in [1.807, 2.05) is 13.0 Å². The lowest BCUT2D eigenvalue weighted by Crippen LogP contribution is -2.32. The molecular formula is C23H25N3O6. The molecule has 32 heavy (non-hydrogen) atoms. The number of benzene rings is 2. The molecule has 0 spiro atoms. The predicted molar refractivity (Wildman–Crippen MR) is 121 cm³/mol. The highest BCUT2D eigenvalue weighted by Gasteiger charge is 2.13.